The first-order valence-electron chi connectivity index (χ1n) is 6.46. The zero-order valence-electron chi connectivity index (χ0n) is 10.0. The summed E-state index contributed by atoms with van der Waals surface area (Å²) in [6, 6.07) is 5.61. The van der Waals surface area contributed by atoms with Crippen LogP contribution in [0.2, 0.25) is 0 Å². The molecule has 2 saturated heterocycles. The van der Waals surface area contributed by atoms with Gasteiger partial charge in [0.2, 0.25) is 0 Å². The summed E-state index contributed by atoms with van der Waals surface area (Å²) in [5.41, 5.74) is -0.448. The predicted octanol–water partition coefficient (Wildman–Crippen LogP) is 3.45. The quantitative estimate of drug-likeness (QED) is 0.853. The van der Waals surface area contributed by atoms with E-state index in [9.17, 15) is 13.2 Å². The third kappa shape index (κ3) is 1.92. The predicted molar refractivity (Wildman–Crippen MR) is 63.0 cm³/mol. The Hall–Kier alpha value is -1.03. The summed E-state index contributed by atoms with van der Waals surface area (Å²) in [5.74, 6) is -4.60. The highest BCUT2D eigenvalue weighted by molar-refractivity contribution is 5.23. The molecule has 2 unspecified atom stereocenters. The van der Waals surface area contributed by atoms with E-state index in [-0.39, 0.29) is 12.1 Å². The second-order valence-electron chi connectivity index (χ2n) is 5.41. The number of hydrogen-bond donors (Lipinski definition) is 1. The molecule has 0 aliphatic carbocycles. The van der Waals surface area contributed by atoms with Gasteiger partial charge >= 0.3 is 0 Å². The Balaban J connectivity index is 1.88. The number of benzene rings is 1. The van der Waals surface area contributed by atoms with Gasteiger partial charge in [0.05, 0.1) is 5.56 Å². The minimum absolute atomic E-state index is 0.186. The summed E-state index contributed by atoms with van der Waals surface area (Å²) in [7, 11) is 0. The van der Waals surface area contributed by atoms with Crippen molar-refractivity contribution in [3.63, 3.8) is 0 Å². The highest BCUT2D eigenvalue weighted by Gasteiger charge is 2.48. The van der Waals surface area contributed by atoms with Gasteiger partial charge < -0.3 is 5.32 Å². The van der Waals surface area contributed by atoms with Gasteiger partial charge in [0.25, 0.3) is 5.92 Å². The molecular formula is C14H16F3N. The molecule has 1 nitrogen and oxygen atoms in total. The molecule has 0 radical (unpaired) electrons. The number of alkyl halides is 2. The lowest BCUT2D eigenvalue weighted by Crippen LogP contribution is -2.43. The lowest BCUT2D eigenvalue weighted by Gasteiger charge is -2.34. The van der Waals surface area contributed by atoms with Crippen LogP contribution < -0.4 is 5.32 Å². The Morgan fingerprint density at radius 3 is 2.28 bits per heavy atom. The fourth-order valence-corrected chi connectivity index (χ4v) is 3.30. The van der Waals surface area contributed by atoms with Gasteiger partial charge in [0, 0.05) is 18.0 Å². The maximum absolute atomic E-state index is 14.4. The van der Waals surface area contributed by atoms with Crippen molar-refractivity contribution < 1.29 is 13.2 Å². The molecule has 1 N–H and O–H groups in total. The van der Waals surface area contributed by atoms with E-state index in [0.29, 0.717) is 12.8 Å². The molecule has 4 heteroatoms. The van der Waals surface area contributed by atoms with Crippen molar-refractivity contribution in [3.8, 4) is 0 Å². The summed E-state index contributed by atoms with van der Waals surface area (Å²) in [4.78, 5) is 0. The molecule has 2 bridgehead atoms. The smallest absolute Gasteiger partial charge is 0.278 e. The highest BCUT2D eigenvalue weighted by Crippen LogP contribution is 2.46. The molecule has 2 heterocycles. The van der Waals surface area contributed by atoms with Gasteiger partial charge in [-0.2, -0.15) is 0 Å². The first kappa shape index (κ1) is 12.0. The third-order valence-corrected chi connectivity index (χ3v) is 4.22. The molecule has 0 saturated carbocycles. The van der Waals surface area contributed by atoms with E-state index in [0.717, 1.165) is 18.9 Å². The normalized spacial score (nSPS) is 31.6. The number of rotatable bonds is 2. The van der Waals surface area contributed by atoms with E-state index in [2.05, 4.69) is 5.32 Å². The van der Waals surface area contributed by atoms with Gasteiger partial charge in [-0.1, -0.05) is 18.2 Å². The monoisotopic (exact) mass is 255 g/mol. The van der Waals surface area contributed by atoms with E-state index in [4.69, 9.17) is 0 Å². The van der Waals surface area contributed by atoms with Crippen molar-refractivity contribution in [2.75, 3.05) is 0 Å². The third-order valence-electron chi connectivity index (χ3n) is 4.22. The van der Waals surface area contributed by atoms with Crippen LogP contribution in [0.15, 0.2) is 24.3 Å². The van der Waals surface area contributed by atoms with Crippen molar-refractivity contribution in [3.05, 3.63) is 35.6 Å². The van der Waals surface area contributed by atoms with Gasteiger partial charge in [0.15, 0.2) is 0 Å². The van der Waals surface area contributed by atoms with Crippen LogP contribution >= 0.6 is 0 Å². The van der Waals surface area contributed by atoms with Crippen LogP contribution in [0.5, 0.6) is 0 Å². The van der Waals surface area contributed by atoms with Crippen LogP contribution in [0.1, 0.15) is 31.2 Å². The van der Waals surface area contributed by atoms with E-state index in [1.165, 1.54) is 18.2 Å². The molecule has 1 aromatic rings. The van der Waals surface area contributed by atoms with Crippen LogP contribution in [0.4, 0.5) is 13.2 Å². The lowest BCUT2D eigenvalue weighted by atomic mass is 9.83. The first-order chi connectivity index (χ1) is 8.57. The maximum atomic E-state index is 14.4. The molecule has 2 atom stereocenters. The maximum Gasteiger partial charge on any atom is 0.278 e. The van der Waals surface area contributed by atoms with Gasteiger partial charge in [-0.3, -0.25) is 0 Å². The van der Waals surface area contributed by atoms with E-state index in [1.54, 1.807) is 0 Å². The van der Waals surface area contributed by atoms with Gasteiger partial charge in [-0.05, 0) is 31.7 Å². The van der Waals surface area contributed by atoms with Crippen LogP contribution in [0, 0.1) is 11.7 Å². The van der Waals surface area contributed by atoms with Crippen molar-refractivity contribution in [1.29, 1.82) is 0 Å². The summed E-state index contributed by atoms with van der Waals surface area (Å²) in [6.45, 7) is 0. The van der Waals surface area contributed by atoms with Gasteiger partial charge in [-0.15, -0.1) is 0 Å². The second-order valence-corrected chi connectivity index (χ2v) is 5.41. The van der Waals surface area contributed by atoms with Crippen LogP contribution in [-0.4, -0.2) is 12.1 Å². The lowest BCUT2D eigenvalue weighted by molar-refractivity contribution is -0.0840. The summed E-state index contributed by atoms with van der Waals surface area (Å²) < 4.78 is 42.4. The summed E-state index contributed by atoms with van der Waals surface area (Å²) >= 11 is 0. The number of halogens is 3. The molecule has 0 aromatic heterocycles. The van der Waals surface area contributed by atoms with E-state index >= 15 is 0 Å². The SMILES string of the molecule is Fc1ccccc1C(F)(F)C1CC2CCC(C1)N2. The molecule has 1 aromatic carbocycles. The fourth-order valence-electron chi connectivity index (χ4n) is 3.30. The van der Waals surface area contributed by atoms with Crippen molar-refractivity contribution in [1.82, 2.24) is 5.32 Å². The van der Waals surface area contributed by atoms with E-state index in [1.807, 2.05) is 0 Å². The summed E-state index contributed by atoms with van der Waals surface area (Å²) in [5, 5.41) is 3.33. The number of fused-ring (bicyclic) bond motifs is 2. The fraction of sp³-hybridized carbons (Fsp3) is 0.571. The topological polar surface area (TPSA) is 12.0 Å². The van der Waals surface area contributed by atoms with Gasteiger partial charge in [0.1, 0.15) is 5.82 Å². The Kier molecular flexibility index (Phi) is 2.85. The van der Waals surface area contributed by atoms with Crippen molar-refractivity contribution in [2.24, 2.45) is 5.92 Å². The van der Waals surface area contributed by atoms with Crippen molar-refractivity contribution >= 4 is 0 Å². The zero-order valence-corrected chi connectivity index (χ0v) is 10.0. The molecule has 0 amide bonds. The molecule has 98 valence electrons. The Bertz CT molecular complexity index is 434. The molecule has 18 heavy (non-hydrogen) atoms. The van der Waals surface area contributed by atoms with Gasteiger partial charge in [-0.25, -0.2) is 13.2 Å². The number of piperidine rings is 1. The number of hydrogen-bond acceptors (Lipinski definition) is 1. The highest BCUT2D eigenvalue weighted by atomic mass is 19.3. The number of nitrogens with one attached hydrogen (secondary N) is 1. The molecule has 2 fully saturated rings. The molecule has 3 rings (SSSR count). The zero-order chi connectivity index (χ0) is 12.8. The second kappa shape index (κ2) is 4.26. The standard InChI is InChI=1S/C14H16F3N/c15-13-4-2-1-3-12(13)14(16,17)9-7-10-5-6-11(8-9)18-10/h1-4,9-11,18H,5-8H2. The molecule has 2 aliphatic rings. The summed E-state index contributed by atoms with van der Waals surface area (Å²) in [6.07, 6.45) is 2.82. The largest absolute Gasteiger partial charge is 0.311 e. The molecule has 2 aliphatic heterocycles. The minimum Gasteiger partial charge on any atom is -0.311 e. The van der Waals surface area contributed by atoms with Crippen molar-refractivity contribution in [2.45, 2.75) is 43.7 Å². The minimum atomic E-state index is -3.06. The molecular weight excluding hydrogens is 239 g/mol. The Labute approximate surface area is 104 Å². The first-order valence-corrected chi connectivity index (χ1v) is 6.46. The average Bonchev–Trinajstić information content (AvgIpc) is 2.68. The van der Waals surface area contributed by atoms with Crippen LogP contribution in [-0.2, 0) is 5.92 Å². The Morgan fingerprint density at radius 1 is 1.06 bits per heavy atom. The van der Waals surface area contributed by atoms with E-state index < -0.39 is 23.2 Å². The molecule has 0 spiro atoms. The van der Waals surface area contributed by atoms with Crippen LogP contribution in [0.3, 0.4) is 0 Å². The van der Waals surface area contributed by atoms with Crippen LogP contribution in [0.25, 0.3) is 0 Å². The average molecular weight is 255 g/mol. The Morgan fingerprint density at radius 2 is 1.67 bits per heavy atom.